The maximum atomic E-state index is 13.5. The topological polar surface area (TPSA) is 96.8 Å². The number of likely N-dealkylation sites (tertiary alicyclic amines) is 1. The summed E-state index contributed by atoms with van der Waals surface area (Å²) in [6, 6.07) is 3.80. The molecule has 178 valence electrons. The van der Waals surface area contributed by atoms with Gasteiger partial charge in [0.25, 0.3) is 11.5 Å². The zero-order valence-electron chi connectivity index (χ0n) is 19.6. The van der Waals surface area contributed by atoms with Gasteiger partial charge in [-0.25, -0.2) is 4.98 Å². The maximum absolute atomic E-state index is 13.5. The highest BCUT2D eigenvalue weighted by atomic mass is 16.5. The van der Waals surface area contributed by atoms with Crippen LogP contribution in [0.3, 0.4) is 0 Å². The van der Waals surface area contributed by atoms with E-state index >= 15 is 0 Å². The molecule has 6 rings (SSSR count). The van der Waals surface area contributed by atoms with Crippen LogP contribution in [0.4, 0.5) is 0 Å². The zero-order valence-corrected chi connectivity index (χ0v) is 19.6. The van der Waals surface area contributed by atoms with Crippen molar-refractivity contribution in [3.8, 4) is 0 Å². The first kappa shape index (κ1) is 21.5. The number of carbonyl (C=O) groups is 2. The molecule has 34 heavy (non-hydrogen) atoms. The van der Waals surface area contributed by atoms with Crippen molar-refractivity contribution >= 4 is 28.2 Å². The zero-order chi connectivity index (χ0) is 23.4. The average molecular weight is 463 g/mol. The fourth-order valence-electron chi connectivity index (χ4n) is 6.25. The smallest absolute Gasteiger partial charge is 0.274 e. The van der Waals surface area contributed by atoms with Crippen molar-refractivity contribution in [2.24, 2.45) is 5.41 Å². The van der Waals surface area contributed by atoms with Crippen molar-refractivity contribution in [3.63, 3.8) is 0 Å². The number of aromatic nitrogens is 3. The Bertz CT molecular complexity index is 1360. The summed E-state index contributed by atoms with van der Waals surface area (Å²) < 4.78 is 7.47. The summed E-state index contributed by atoms with van der Waals surface area (Å²) in [6.45, 7) is 4.54. The number of piperidine rings is 1. The van der Waals surface area contributed by atoms with Crippen LogP contribution in [0.5, 0.6) is 0 Å². The number of ketones is 1. The number of aromatic amines is 1. The number of nitrogens with zero attached hydrogens (tertiary/aromatic N) is 3. The molecule has 0 atom stereocenters. The molecule has 2 saturated heterocycles. The summed E-state index contributed by atoms with van der Waals surface area (Å²) in [5.74, 6) is 1.47. The molecular weight excluding hydrogens is 432 g/mol. The summed E-state index contributed by atoms with van der Waals surface area (Å²) in [5.41, 5.74) is 3.08. The molecule has 1 spiro atoms. The van der Waals surface area contributed by atoms with Gasteiger partial charge in [-0.15, -0.1) is 0 Å². The van der Waals surface area contributed by atoms with Gasteiger partial charge in [-0.05, 0) is 63.1 Å². The Morgan fingerprint density at radius 1 is 1.12 bits per heavy atom. The minimum atomic E-state index is -0.208. The SMILES string of the molecule is Cc1cc2c(cc1C(=O)N1CCC3(CCCC3=O)CC1)[nH]c(=O)c1cnc(C3CCOCC3)n12. The minimum absolute atomic E-state index is 0.0316. The number of rotatable bonds is 2. The second kappa shape index (κ2) is 8.05. The molecule has 2 aliphatic heterocycles. The number of benzene rings is 1. The van der Waals surface area contributed by atoms with Crippen molar-refractivity contribution in [1.29, 1.82) is 0 Å². The Morgan fingerprint density at radius 3 is 2.59 bits per heavy atom. The lowest BCUT2D eigenvalue weighted by Crippen LogP contribution is -2.45. The van der Waals surface area contributed by atoms with E-state index in [9.17, 15) is 14.4 Å². The largest absolute Gasteiger partial charge is 0.381 e. The standard InChI is InChI=1S/C26H30N4O4/c1-16-13-20-19(28-24(32)21-15-27-23(30(20)21)17-4-11-34-12-5-17)14-18(16)25(33)29-9-7-26(8-10-29)6-2-3-22(26)31/h13-15,17H,2-12H2,1H3,(H,28,32). The van der Waals surface area contributed by atoms with Gasteiger partial charge in [0.1, 0.15) is 17.1 Å². The van der Waals surface area contributed by atoms with Crippen molar-refractivity contribution < 1.29 is 14.3 Å². The van der Waals surface area contributed by atoms with Crippen LogP contribution in [0, 0.1) is 12.3 Å². The first-order chi connectivity index (χ1) is 16.5. The maximum Gasteiger partial charge on any atom is 0.274 e. The van der Waals surface area contributed by atoms with Gasteiger partial charge < -0.3 is 14.6 Å². The van der Waals surface area contributed by atoms with Gasteiger partial charge in [0.15, 0.2) is 0 Å². The second-order valence-electron chi connectivity index (χ2n) is 10.2. The molecule has 3 fully saturated rings. The molecule has 2 aromatic heterocycles. The van der Waals surface area contributed by atoms with Gasteiger partial charge in [-0.1, -0.05) is 0 Å². The highest BCUT2D eigenvalue weighted by Gasteiger charge is 2.44. The Labute approximate surface area is 197 Å². The van der Waals surface area contributed by atoms with E-state index in [-0.39, 0.29) is 22.8 Å². The fraction of sp³-hybridized carbons (Fsp3) is 0.538. The molecule has 1 aliphatic carbocycles. The number of Topliss-reactive ketones (excluding diaryl/α,β-unsaturated/α-hetero) is 1. The third-order valence-electron chi connectivity index (χ3n) is 8.33. The number of imidazole rings is 1. The van der Waals surface area contributed by atoms with Crippen LogP contribution in [-0.4, -0.2) is 57.3 Å². The number of nitrogens with one attached hydrogen (secondary N) is 1. The lowest BCUT2D eigenvalue weighted by Gasteiger charge is -2.38. The van der Waals surface area contributed by atoms with Crippen molar-refractivity contribution in [3.05, 3.63) is 45.6 Å². The first-order valence-corrected chi connectivity index (χ1v) is 12.4. The van der Waals surface area contributed by atoms with Gasteiger partial charge in [0.2, 0.25) is 0 Å². The van der Waals surface area contributed by atoms with Gasteiger partial charge in [-0.2, -0.15) is 0 Å². The monoisotopic (exact) mass is 462 g/mol. The molecule has 1 aromatic carbocycles. The molecule has 3 aromatic rings. The Balaban J connectivity index is 1.36. The molecule has 8 nitrogen and oxygen atoms in total. The Hall–Kier alpha value is -3.00. The molecule has 0 radical (unpaired) electrons. The number of hydrogen-bond acceptors (Lipinski definition) is 5. The molecule has 0 bridgehead atoms. The molecule has 0 unspecified atom stereocenters. The number of aryl methyl sites for hydroxylation is 1. The number of amides is 1. The molecule has 1 N–H and O–H groups in total. The van der Waals surface area contributed by atoms with Crippen LogP contribution in [-0.2, 0) is 9.53 Å². The second-order valence-corrected chi connectivity index (χ2v) is 10.2. The summed E-state index contributed by atoms with van der Waals surface area (Å²) in [7, 11) is 0. The molecule has 4 heterocycles. The van der Waals surface area contributed by atoms with Crippen molar-refractivity contribution in [2.75, 3.05) is 26.3 Å². The van der Waals surface area contributed by atoms with E-state index < -0.39 is 0 Å². The average Bonchev–Trinajstić information content (AvgIpc) is 3.45. The molecular formula is C26H30N4O4. The normalized spacial score (nSPS) is 21.2. The highest BCUT2D eigenvalue weighted by molar-refractivity contribution is 5.99. The summed E-state index contributed by atoms with van der Waals surface area (Å²) in [4.78, 5) is 48.2. The van der Waals surface area contributed by atoms with Crippen LogP contribution in [0.25, 0.3) is 16.6 Å². The lowest BCUT2D eigenvalue weighted by molar-refractivity contribution is -0.127. The highest BCUT2D eigenvalue weighted by Crippen LogP contribution is 2.43. The van der Waals surface area contributed by atoms with Crippen molar-refractivity contribution in [1.82, 2.24) is 19.3 Å². The van der Waals surface area contributed by atoms with Crippen molar-refractivity contribution in [2.45, 2.75) is 57.8 Å². The third-order valence-corrected chi connectivity index (χ3v) is 8.33. The molecule has 3 aliphatic rings. The lowest BCUT2D eigenvalue weighted by atomic mass is 9.76. The fourth-order valence-corrected chi connectivity index (χ4v) is 6.25. The van der Waals surface area contributed by atoms with Gasteiger partial charge in [0.05, 0.1) is 17.2 Å². The van der Waals surface area contributed by atoms with Crippen LogP contribution in [0.2, 0.25) is 0 Å². The molecule has 8 heteroatoms. The number of carbonyl (C=O) groups excluding carboxylic acids is 2. The summed E-state index contributed by atoms with van der Waals surface area (Å²) in [6.07, 6.45) is 7.53. The number of fused-ring (bicyclic) bond motifs is 3. The van der Waals surface area contributed by atoms with E-state index in [4.69, 9.17) is 4.74 Å². The Morgan fingerprint density at radius 2 is 1.88 bits per heavy atom. The van der Waals surface area contributed by atoms with Crippen LogP contribution < -0.4 is 5.56 Å². The predicted octanol–water partition coefficient (Wildman–Crippen LogP) is 3.35. The minimum Gasteiger partial charge on any atom is -0.381 e. The van der Waals surface area contributed by atoms with E-state index in [0.717, 1.165) is 55.4 Å². The third kappa shape index (κ3) is 3.30. The molecule has 1 amide bonds. The Kier molecular flexibility index (Phi) is 5.09. The predicted molar refractivity (Wildman–Crippen MR) is 127 cm³/mol. The van der Waals surface area contributed by atoms with E-state index in [1.54, 1.807) is 6.20 Å². The quantitative estimate of drug-likeness (QED) is 0.630. The van der Waals surface area contributed by atoms with E-state index in [1.807, 2.05) is 28.4 Å². The van der Waals surface area contributed by atoms with Gasteiger partial charge in [-0.3, -0.25) is 18.8 Å². The van der Waals surface area contributed by atoms with E-state index in [1.165, 1.54) is 0 Å². The molecule has 1 saturated carbocycles. The van der Waals surface area contributed by atoms with Crippen LogP contribution in [0.15, 0.2) is 23.1 Å². The van der Waals surface area contributed by atoms with E-state index in [2.05, 4.69) is 9.97 Å². The number of ether oxygens (including phenoxy) is 1. The number of hydrogen-bond donors (Lipinski definition) is 1. The van der Waals surface area contributed by atoms with Gasteiger partial charge in [0, 0.05) is 49.6 Å². The summed E-state index contributed by atoms with van der Waals surface area (Å²) >= 11 is 0. The van der Waals surface area contributed by atoms with Crippen LogP contribution in [0.1, 0.15) is 72.6 Å². The summed E-state index contributed by atoms with van der Waals surface area (Å²) in [5, 5.41) is 0. The van der Waals surface area contributed by atoms with Gasteiger partial charge >= 0.3 is 0 Å². The van der Waals surface area contributed by atoms with E-state index in [0.29, 0.717) is 55.1 Å². The first-order valence-electron chi connectivity index (χ1n) is 12.4. The van der Waals surface area contributed by atoms with Crippen LogP contribution >= 0.6 is 0 Å². The number of H-pyrrole nitrogens is 1.